The molecule has 0 aliphatic carbocycles. The summed E-state index contributed by atoms with van der Waals surface area (Å²) in [4.78, 5) is 26.5. The van der Waals surface area contributed by atoms with E-state index in [1.165, 1.54) is 45.8 Å². The first kappa shape index (κ1) is 24.5. The van der Waals surface area contributed by atoms with E-state index in [1.54, 1.807) is 12.1 Å². The predicted molar refractivity (Wildman–Crippen MR) is 126 cm³/mol. The van der Waals surface area contributed by atoms with Gasteiger partial charge in [-0.3, -0.25) is 19.3 Å². The van der Waals surface area contributed by atoms with Crippen molar-refractivity contribution in [1.29, 1.82) is 0 Å². The molecule has 0 spiro atoms. The van der Waals surface area contributed by atoms with Crippen LogP contribution in [0.4, 0.5) is 17.6 Å². The number of halogens is 5. The molecule has 0 bridgehead atoms. The van der Waals surface area contributed by atoms with E-state index in [2.05, 4.69) is 0 Å². The molecule has 2 aliphatic rings. The number of carbonyl (C=O) groups excluding carboxylic acids is 1. The number of carbonyl (C=O) groups is 1. The Morgan fingerprint density at radius 2 is 1.92 bits per heavy atom. The highest BCUT2D eigenvalue weighted by Gasteiger charge is 2.47. The molecule has 0 fully saturated rings. The first-order valence-electron chi connectivity index (χ1n) is 10.8. The Labute approximate surface area is 211 Å². The fourth-order valence-corrected chi connectivity index (χ4v) is 5.93. The molecule has 0 saturated carbocycles. The third-order valence-corrected chi connectivity index (χ3v) is 7.85. The zero-order chi connectivity index (χ0) is 25.9. The number of thioether (sulfide) groups is 1. The molecule has 2 aromatic carbocycles. The van der Waals surface area contributed by atoms with Crippen molar-refractivity contribution in [3.8, 4) is 5.75 Å². The van der Waals surface area contributed by atoms with Crippen molar-refractivity contribution in [1.82, 2.24) is 9.58 Å². The summed E-state index contributed by atoms with van der Waals surface area (Å²) in [7, 11) is 0. The van der Waals surface area contributed by atoms with Crippen LogP contribution in [0.25, 0.3) is 0 Å². The Morgan fingerprint density at radius 3 is 2.64 bits per heavy atom. The third kappa shape index (κ3) is 3.90. The van der Waals surface area contributed by atoms with E-state index in [9.17, 15) is 32.3 Å². The van der Waals surface area contributed by atoms with E-state index in [-0.39, 0.29) is 0 Å². The maximum atomic E-state index is 14.2. The average Bonchev–Trinajstić information content (AvgIpc) is 2.98. The van der Waals surface area contributed by atoms with Crippen molar-refractivity contribution in [3.63, 3.8) is 0 Å². The van der Waals surface area contributed by atoms with Gasteiger partial charge in [0, 0.05) is 33.5 Å². The standard InChI is InChI=1S/C24H18ClF4N3O3S/c1-12(24(27,28)29)30-11-32(31-8-7-17(33)22(34)21(31)23(30)35)20-15-6-5-14(26)9-18(15)36-10-13-3-2-4-16(25)19(13)20/h2-9,12,20,34H,10-11H2,1H3/t12-,20?/m1/s1. The first-order valence-corrected chi connectivity index (χ1v) is 12.1. The molecule has 188 valence electrons. The van der Waals surface area contributed by atoms with Gasteiger partial charge >= 0.3 is 6.18 Å². The molecule has 12 heteroatoms. The van der Waals surface area contributed by atoms with E-state index in [1.807, 2.05) is 6.07 Å². The number of benzene rings is 2. The van der Waals surface area contributed by atoms with E-state index in [4.69, 9.17) is 11.6 Å². The Hall–Kier alpha value is -3.18. The first-order chi connectivity index (χ1) is 17.0. The molecular formula is C24H18ClF4N3O3S. The van der Waals surface area contributed by atoms with Crippen LogP contribution < -0.4 is 10.4 Å². The number of hydrogen-bond acceptors (Lipinski definition) is 5. The van der Waals surface area contributed by atoms with Gasteiger partial charge in [-0.2, -0.15) is 13.2 Å². The second-order valence-electron chi connectivity index (χ2n) is 8.48. The second kappa shape index (κ2) is 8.74. The number of alkyl halides is 3. The van der Waals surface area contributed by atoms with Gasteiger partial charge in [0.15, 0.2) is 11.4 Å². The smallest absolute Gasteiger partial charge is 0.408 e. The second-order valence-corrected chi connectivity index (χ2v) is 9.91. The van der Waals surface area contributed by atoms with Crippen LogP contribution >= 0.6 is 23.4 Å². The van der Waals surface area contributed by atoms with Gasteiger partial charge in [-0.25, -0.2) is 4.39 Å². The molecule has 3 aromatic rings. The molecule has 1 N–H and O–H groups in total. The molecule has 5 rings (SSSR count). The number of rotatable bonds is 2. The molecule has 36 heavy (non-hydrogen) atoms. The molecule has 2 aliphatic heterocycles. The lowest BCUT2D eigenvalue weighted by Gasteiger charge is -2.46. The van der Waals surface area contributed by atoms with Crippen LogP contribution in [0, 0.1) is 5.82 Å². The number of aromatic nitrogens is 1. The lowest BCUT2D eigenvalue weighted by Crippen LogP contribution is -2.60. The molecule has 1 unspecified atom stereocenters. The van der Waals surface area contributed by atoms with Gasteiger partial charge in [0.25, 0.3) is 5.91 Å². The minimum absolute atomic E-state index is 0.328. The minimum Gasteiger partial charge on any atom is -0.502 e. The highest BCUT2D eigenvalue weighted by Crippen LogP contribution is 2.46. The number of amides is 1. The molecular weight excluding hydrogens is 522 g/mol. The highest BCUT2D eigenvalue weighted by atomic mass is 35.5. The van der Waals surface area contributed by atoms with Gasteiger partial charge in [0.05, 0.1) is 0 Å². The van der Waals surface area contributed by atoms with Crippen LogP contribution in [-0.4, -0.2) is 39.5 Å². The minimum atomic E-state index is -4.77. The Bertz CT molecular complexity index is 1450. The lowest BCUT2D eigenvalue weighted by atomic mass is 9.94. The number of nitrogens with zero attached hydrogens (tertiary/aromatic N) is 3. The van der Waals surface area contributed by atoms with Crippen molar-refractivity contribution in [2.75, 3.05) is 11.7 Å². The third-order valence-electron chi connectivity index (χ3n) is 6.40. The molecule has 1 aromatic heterocycles. The summed E-state index contributed by atoms with van der Waals surface area (Å²) >= 11 is 7.98. The van der Waals surface area contributed by atoms with Crippen molar-refractivity contribution >= 4 is 29.3 Å². The summed E-state index contributed by atoms with van der Waals surface area (Å²) in [5.74, 6) is -2.18. The van der Waals surface area contributed by atoms with Crippen LogP contribution in [0.5, 0.6) is 5.75 Å². The van der Waals surface area contributed by atoms with E-state index in [0.29, 0.717) is 31.7 Å². The van der Waals surface area contributed by atoms with E-state index >= 15 is 0 Å². The molecule has 0 saturated heterocycles. The summed E-state index contributed by atoms with van der Waals surface area (Å²) in [6.45, 7) is 0.280. The van der Waals surface area contributed by atoms with Crippen LogP contribution in [0.3, 0.4) is 0 Å². The Balaban J connectivity index is 1.81. The number of pyridine rings is 1. The van der Waals surface area contributed by atoms with Gasteiger partial charge in [0.2, 0.25) is 5.43 Å². The summed E-state index contributed by atoms with van der Waals surface area (Å²) in [5.41, 5.74) is 0.377. The van der Waals surface area contributed by atoms with Gasteiger partial charge in [-0.15, -0.1) is 11.8 Å². The zero-order valence-electron chi connectivity index (χ0n) is 18.6. The fraction of sp³-hybridized carbons (Fsp3) is 0.250. The number of aromatic hydroxyl groups is 1. The predicted octanol–water partition coefficient (Wildman–Crippen LogP) is 5.04. The highest BCUT2D eigenvalue weighted by molar-refractivity contribution is 7.98. The Kier molecular flexibility index (Phi) is 5.95. The van der Waals surface area contributed by atoms with Crippen LogP contribution in [0.2, 0.25) is 5.02 Å². The maximum absolute atomic E-state index is 14.2. The summed E-state index contributed by atoms with van der Waals surface area (Å²) in [6, 6.07) is 7.21. The SMILES string of the molecule is C[C@@H](N1CN(C2c3ccc(F)cc3SCc3cccc(Cl)c32)n2ccc(=O)c(O)c2C1=O)C(F)(F)F. The lowest BCUT2D eigenvalue weighted by molar-refractivity contribution is -0.173. The molecule has 0 radical (unpaired) electrons. The van der Waals surface area contributed by atoms with E-state index in [0.717, 1.165) is 18.6 Å². The van der Waals surface area contributed by atoms with Gasteiger partial charge < -0.3 is 10.0 Å². The van der Waals surface area contributed by atoms with Gasteiger partial charge in [-0.1, -0.05) is 29.8 Å². The Morgan fingerprint density at radius 1 is 1.17 bits per heavy atom. The number of fused-ring (bicyclic) bond motifs is 3. The molecule has 6 nitrogen and oxygen atoms in total. The quantitative estimate of drug-likeness (QED) is 0.462. The summed E-state index contributed by atoms with van der Waals surface area (Å²) in [5, 5.41) is 12.3. The summed E-state index contributed by atoms with van der Waals surface area (Å²) in [6.07, 6.45) is -3.55. The maximum Gasteiger partial charge on any atom is 0.408 e. The van der Waals surface area contributed by atoms with Gasteiger partial charge in [0.1, 0.15) is 24.6 Å². The molecule has 3 heterocycles. The van der Waals surface area contributed by atoms with Crippen molar-refractivity contribution in [3.05, 3.63) is 92.1 Å². The summed E-state index contributed by atoms with van der Waals surface area (Å²) < 4.78 is 56.7. The molecule has 2 atom stereocenters. The largest absolute Gasteiger partial charge is 0.502 e. The van der Waals surface area contributed by atoms with Crippen LogP contribution in [0.15, 0.2) is 58.4 Å². The van der Waals surface area contributed by atoms with Crippen LogP contribution in [0.1, 0.15) is 40.1 Å². The van der Waals surface area contributed by atoms with Crippen molar-refractivity contribution in [2.45, 2.75) is 35.8 Å². The normalized spacial score (nSPS) is 18.3. The fourth-order valence-electron chi connectivity index (χ4n) is 4.53. The van der Waals surface area contributed by atoms with Crippen LogP contribution in [-0.2, 0) is 5.75 Å². The van der Waals surface area contributed by atoms with Crippen molar-refractivity contribution < 1.29 is 27.5 Å². The van der Waals surface area contributed by atoms with Crippen molar-refractivity contribution in [2.24, 2.45) is 0 Å². The average molecular weight is 540 g/mol. The zero-order valence-corrected chi connectivity index (χ0v) is 20.2. The molecule has 1 amide bonds. The monoisotopic (exact) mass is 539 g/mol. The van der Waals surface area contributed by atoms with E-state index < -0.39 is 53.5 Å². The topological polar surface area (TPSA) is 65.8 Å². The number of hydrogen-bond donors (Lipinski definition) is 1. The van der Waals surface area contributed by atoms with Gasteiger partial charge in [-0.05, 0) is 36.2 Å².